The zero-order valence-electron chi connectivity index (χ0n) is 10.7. The van der Waals surface area contributed by atoms with Gasteiger partial charge < -0.3 is 9.47 Å². The molecule has 0 atom stereocenters. The first kappa shape index (κ1) is 12.2. The maximum absolute atomic E-state index is 12.2. The van der Waals surface area contributed by atoms with Crippen molar-refractivity contribution in [2.24, 2.45) is 0 Å². The number of rotatable bonds is 3. The first-order chi connectivity index (χ1) is 9.78. The molecular formula is C14H11N3O3. The number of hydrogen-bond donors (Lipinski definition) is 1. The molecule has 0 amide bonds. The zero-order chi connectivity index (χ0) is 13.9. The molecule has 6 heteroatoms. The SMILES string of the molecule is COc1cccc(OC(=O)c2cncc3[nH]ncc23)c1. The van der Waals surface area contributed by atoms with E-state index < -0.39 is 5.97 Å². The predicted molar refractivity (Wildman–Crippen MR) is 71.8 cm³/mol. The van der Waals surface area contributed by atoms with Crippen LogP contribution in [-0.4, -0.2) is 28.3 Å². The summed E-state index contributed by atoms with van der Waals surface area (Å²) < 4.78 is 10.4. The molecule has 100 valence electrons. The molecule has 0 bridgehead atoms. The maximum Gasteiger partial charge on any atom is 0.345 e. The van der Waals surface area contributed by atoms with E-state index in [1.165, 1.54) is 6.20 Å². The number of pyridine rings is 1. The van der Waals surface area contributed by atoms with E-state index in [1.807, 2.05) is 0 Å². The van der Waals surface area contributed by atoms with E-state index in [4.69, 9.17) is 9.47 Å². The summed E-state index contributed by atoms with van der Waals surface area (Å²) in [6.07, 6.45) is 4.63. The molecule has 0 aliphatic heterocycles. The van der Waals surface area contributed by atoms with Crippen molar-refractivity contribution in [2.45, 2.75) is 0 Å². The van der Waals surface area contributed by atoms with Crippen LogP contribution >= 0.6 is 0 Å². The highest BCUT2D eigenvalue weighted by Crippen LogP contribution is 2.21. The molecule has 0 spiro atoms. The monoisotopic (exact) mass is 269 g/mol. The predicted octanol–water partition coefficient (Wildman–Crippen LogP) is 2.19. The highest BCUT2D eigenvalue weighted by molar-refractivity contribution is 6.03. The first-order valence-corrected chi connectivity index (χ1v) is 5.91. The number of nitrogens with zero attached hydrogens (tertiary/aromatic N) is 2. The highest BCUT2D eigenvalue weighted by Gasteiger charge is 2.14. The average molecular weight is 269 g/mol. The van der Waals surface area contributed by atoms with Crippen LogP contribution in [0, 0.1) is 0 Å². The highest BCUT2D eigenvalue weighted by atomic mass is 16.5. The lowest BCUT2D eigenvalue weighted by Gasteiger charge is -2.06. The molecule has 3 aromatic rings. The number of aromatic nitrogens is 3. The molecule has 2 heterocycles. The summed E-state index contributed by atoms with van der Waals surface area (Å²) in [6, 6.07) is 6.85. The van der Waals surface area contributed by atoms with Gasteiger partial charge in [-0.05, 0) is 12.1 Å². The summed E-state index contributed by atoms with van der Waals surface area (Å²) in [5.74, 6) is 0.544. The van der Waals surface area contributed by atoms with Crippen molar-refractivity contribution in [3.8, 4) is 11.5 Å². The summed E-state index contributed by atoms with van der Waals surface area (Å²) in [5.41, 5.74) is 1.05. The Balaban J connectivity index is 1.91. The molecule has 0 aliphatic rings. The van der Waals surface area contributed by atoms with Gasteiger partial charge in [0.1, 0.15) is 11.5 Å². The van der Waals surface area contributed by atoms with Crippen LogP contribution in [0.3, 0.4) is 0 Å². The third-order valence-electron chi connectivity index (χ3n) is 2.84. The minimum absolute atomic E-state index is 0.360. The lowest BCUT2D eigenvalue weighted by Crippen LogP contribution is -2.09. The minimum Gasteiger partial charge on any atom is -0.497 e. The summed E-state index contributed by atoms with van der Waals surface area (Å²) >= 11 is 0. The zero-order valence-corrected chi connectivity index (χ0v) is 10.7. The standard InChI is InChI=1S/C14H11N3O3/c1-19-9-3-2-4-10(5-9)20-14(18)12-6-15-8-13-11(12)7-16-17-13/h2-8H,1H3,(H,16,17). The van der Waals surface area contributed by atoms with Crippen LogP contribution in [0.15, 0.2) is 42.9 Å². The Kier molecular flexibility index (Phi) is 3.04. The molecule has 0 unspecified atom stereocenters. The Morgan fingerprint density at radius 1 is 1.20 bits per heavy atom. The van der Waals surface area contributed by atoms with E-state index in [1.54, 1.807) is 43.8 Å². The van der Waals surface area contributed by atoms with Gasteiger partial charge in [0.25, 0.3) is 0 Å². The molecular weight excluding hydrogens is 258 g/mol. The topological polar surface area (TPSA) is 77.1 Å². The van der Waals surface area contributed by atoms with Crippen LogP contribution in [-0.2, 0) is 0 Å². The summed E-state index contributed by atoms with van der Waals surface area (Å²) in [4.78, 5) is 16.2. The smallest absolute Gasteiger partial charge is 0.345 e. The number of aromatic amines is 1. The van der Waals surface area contributed by atoms with E-state index in [9.17, 15) is 4.79 Å². The van der Waals surface area contributed by atoms with Crippen LogP contribution in [0.5, 0.6) is 11.5 Å². The number of carbonyl (C=O) groups excluding carboxylic acids is 1. The average Bonchev–Trinajstić information content (AvgIpc) is 2.95. The Morgan fingerprint density at radius 3 is 2.90 bits per heavy atom. The normalized spacial score (nSPS) is 10.4. The number of fused-ring (bicyclic) bond motifs is 1. The number of carbonyl (C=O) groups is 1. The molecule has 1 aromatic carbocycles. The number of methoxy groups -OCH3 is 1. The first-order valence-electron chi connectivity index (χ1n) is 5.91. The van der Waals surface area contributed by atoms with Crippen LogP contribution in [0.4, 0.5) is 0 Å². The second-order valence-corrected chi connectivity index (χ2v) is 4.09. The van der Waals surface area contributed by atoms with Crippen molar-refractivity contribution in [3.05, 3.63) is 48.4 Å². The van der Waals surface area contributed by atoms with E-state index in [0.29, 0.717) is 28.0 Å². The van der Waals surface area contributed by atoms with E-state index in [2.05, 4.69) is 15.2 Å². The van der Waals surface area contributed by atoms with Crippen molar-refractivity contribution in [1.29, 1.82) is 0 Å². The van der Waals surface area contributed by atoms with Gasteiger partial charge in [0.05, 0.1) is 30.6 Å². The quantitative estimate of drug-likeness (QED) is 0.582. The Bertz CT molecular complexity index is 767. The molecule has 0 saturated heterocycles. The van der Waals surface area contributed by atoms with Gasteiger partial charge in [-0.3, -0.25) is 10.1 Å². The van der Waals surface area contributed by atoms with Crippen LogP contribution in [0.1, 0.15) is 10.4 Å². The van der Waals surface area contributed by atoms with Gasteiger partial charge in [-0.1, -0.05) is 6.07 Å². The number of benzene rings is 1. The number of hydrogen-bond acceptors (Lipinski definition) is 5. The van der Waals surface area contributed by atoms with Crippen LogP contribution < -0.4 is 9.47 Å². The van der Waals surface area contributed by atoms with Gasteiger partial charge in [0, 0.05) is 17.6 Å². The Labute approximate surface area is 114 Å². The summed E-state index contributed by atoms with van der Waals surface area (Å²) in [5, 5.41) is 7.32. The third kappa shape index (κ3) is 2.18. The minimum atomic E-state index is -0.488. The van der Waals surface area contributed by atoms with Crippen LogP contribution in [0.2, 0.25) is 0 Å². The van der Waals surface area contributed by atoms with Gasteiger partial charge in [0.2, 0.25) is 0 Å². The fourth-order valence-electron chi connectivity index (χ4n) is 1.85. The molecule has 0 saturated carbocycles. The number of ether oxygens (including phenoxy) is 2. The number of H-pyrrole nitrogens is 1. The van der Waals surface area contributed by atoms with E-state index >= 15 is 0 Å². The number of esters is 1. The van der Waals surface area contributed by atoms with Gasteiger partial charge in [0.15, 0.2) is 0 Å². The van der Waals surface area contributed by atoms with Gasteiger partial charge in [-0.15, -0.1) is 0 Å². The molecule has 0 radical (unpaired) electrons. The van der Waals surface area contributed by atoms with Crippen molar-refractivity contribution in [1.82, 2.24) is 15.2 Å². The molecule has 0 fully saturated rings. The van der Waals surface area contributed by atoms with Gasteiger partial charge in [-0.25, -0.2) is 4.79 Å². The molecule has 0 aliphatic carbocycles. The molecule has 2 aromatic heterocycles. The third-order valence-corrected chi connectivity index (χ3v) is 2.84. The van der Waals surface area contributed by atoms with Crippen LogP contribution in [0.25, 0.3) is 10.9 Å². The molecule has 1 N–H and O–H groups in total. The van der Waals surface area contributed by atoms with Crippen molar-refractivity contribution in [2.75, 3.05) is 7.11 Å². The fourth-order valence-corrected chi connectivity index (χ4v) is 1.85. The fraction of sp³-hybridized carbons (Fsp3) is 0.0714. The molecule has 20 heavy (non-hydrogen) atoms. The van der Waals surface area contributed by atoms with Crippen molar-refractivity contribution < 1.29 is 14.3 Å². The Hall–Kier alpha value is -2.89. The largest absolute Gasteiger partial charge is 0.497 e. The lowest BCUT2D eigenvalue weighted by molar-refractivity contribution is 0.0736. The van der Waals surface area contributed by atoms with Crippen molar-refractivity contribution >= 4 is 16.9 Å². The lowest BCUT2D eigenvalue weighted by atomic mass is 10.2. The van der Waals surface area contributed by atoms with E-state index in [0.717, 1.165) is 0 Å². The second-order valence-electron chi connectivity index (χ2n) is 4.09. The van der Waals surface area contributed by atoms with Crippen molar-refractivity contribution in [3.63, 3.8) is 0 Å². The Morgan fingerprint density at radius 2 is 2.05 bits per heavy atom. The molecule has 6 nitrogen and oxygen atoms in total. The summed E-state index contributed by atoms with van der Waals surface area (Å²) in [7, 11) is 1.55. The second kappa shape index (κ2) is 5.00. The van der Waals surface area contributed by atoms with E-state index in [-0.39, 0.29) is 0 Å². The van der Waals surface area contributed by atoms with Gasteiger partial charge in [-0.2, -0.15) is 5.10 Å². The maximum atomic E-state index is 12.2. The molecule has 3 rings (SSSR count). The number of nitrogens with one attached hydrogen (secondary N) is 1. The van der Waals surface area contributed by atoms with Gasteiger partial charge >= 0.3 is 5.97 Å². The summed E-state index contributed by atoms with van der Waals surface area (Å²) in [6.45, 7) is 0.